The maximum atomic E-state index is 13.4. The molecular weight excluding hydrogens is 479 g/mol. The zero-order chi connectivity index (χ0) is 21.6. The van der Waals surface area contributed by atoms with Crippen LogP contribution in [0.2, 0.25) is 0 Å². The van der Waals surface area contributed by atoms with E-state index in [1.165, 1.54) is 23.9 Å². The number of carbonyl (C=O) groups is 1. The van der Waals surface area contributed by atoms with Gasteiger partial charge in [0.1, 0.15) is 5.82 Å². The number of halogens is 2. The van der Waals surface area contributed by atoms with E-state index in [2.05, 4.69) is 31.3 Å². The largest absolute Gasteiger partial charge is 0.325 e. The van der Waals surface area contributed by atoms with Crippen LogP contribution in [0.4, 0.5) is 10.1 Å². The van der Waals surface area contributed by atoms with E-state index in [1.54, 1.807) is 12.1 Å². The highest BCUT2D eigenvalue weighted by molar-refractivity contribution is 9.10. The Morgan fingerprint density at radius 1 is 1.00 bits per heavy atom. The quantitative estimate of drug-likeness (QED) is 0.363. The van der Waals surface area contributed by atoms with Crippen LogP contribution in [0.5, 0.6) is 0 Å². The molecule has 156 valence electrons. The van der Waals surface area contributed by atoms with Crippen molar-refractivity contribution >= 4 is 39.3 Å². The van der Waals surface area contributed by atoms with E-state index in [0.717, 1.165) is 10.5 Å². The summed E-state index contributed by atoms with van der Waals surface area (Å²) < 4.78 is 15.7. The first-order valence-electron chi connectivity index (χ1n) is 9.52. The zero-order valence-electron chi connectivity index (χ0n) is 16.3. The highest BCUT2D eigenvalue weighted by Gasteiger charge is 2.14. The van der Waals surface area contributed by atoms with Crippen molar-refractivity contribution in [2.45, 2.75) is 23.0 Å². The molecular formula is C23H18BrFN4OS. The van der Waals surface area contributed by atoms with Crippen LogP contribution in [-0.2, 0) is 17.8 Å². The van der Waals surface area contributed by atoms with E-state index in [9.17, 15) is 9.18 Å². The molecule has 1 N–H and O–H groups in total. The Labute approximate surface area is 191 Å². The minimum absolute atomic E-state index is 0.0898. The summed E-state index contributed by atoms with van der Waals surface area (Å²) in [6.07, 6.45) is 0.0898. The molecule has 8 heteroatoms. The number of para-hydroxylation sites is 1. The molecule has 0 atom stereocenters. The third kappa shape index (κ3) is 5.80. The number of hydrogen-bond donors (Lipinski definition) is 1. The molecule has 4 aromatic rings. The lowest BCUT2D eigenvalue weighted by molar-refractivity contribution is -0.115. The summed E-state index contributed by atoms with van der Waals surface area (Å²) in [7, 11) is 0. The monoisotopic (exact) mass is 496 g/mol. The van der Waals surface area contributed by atoms with Crippen LogP contribution >= 0.6 is 27.7 Å². The Morgan fingerprint density at radius 3 is 2.55 bits per heavy atom. The molecule has 1 aromatic heterocycles. The predicted octanol–water partition coefficient (Wildman–Crippen LogP) is 5.56. The third-order valence-electron chi connectivity index (χ3n) is 4.40. The predicted molar refractivity (Wildman–Crippen MR) is 123 cm³/mol. The first kappa shape index (κ1) is 21.3. The van der Waals surface area contributed by atoms with Crippen LogP contribution in [-0.4, -0.2) is 20.7 Å². The molecule has 0 fully saturated rings. The Morgan fingerprint density at radius 2 is 1.74 bits per heavy atom. The summed E-state index contributed by atoms with van der Waals surface area (Å²) in [5.74, 6) is -0.574. The van der Waals surface area contributed by atoms with Gasteiger partial charge >= 0.3 is 0 Å². The minimum Gasteiger partial charge on any atom is -0.325 e. The summed E-state index contributed by atoms with van der Waals surface area (Å²) in [4.78, 5) is 17.8. The van der Waals surface area contributed by atoms with Crippen molar-refractivity contribution in [3.8, 4) is 0 Å². The summed E-state index contributed by atoms with van der Waals surface area (Å²) in [6, 6.07) is 23.6. The number of aromatic nitrogens is 3. The summed E-state index contributed by atoms with van der Waals surface area (Å²) >= 11 is 4.77. The number of hydrogen-bond acceptors (Lipinski definition) is 4. The minimum atomic E-state index is -0.357. The van der Waals surface area contributed by atoms with Gasteiger partial charge in [-0.1, -0.05) is 54.6 Å². The molecule has 0 unspecified atom stereocenters. The van der Waals surface area contributed by atoms with Crippen molar-refractivity contribution in [2.24, 2.45) is 0 Å². The second-order valence-electron chi connectivity index (χ2n) is 6.76. The molecule has 0 spiro atoms. The molecule has 0 aliphatic heterocycles. The topological polar surface area (TPSA) is 59.8 Å². The highest BCUT2D eigenvalue weighted by Crippen LogP contribution is 2.33. The molecule has 31 heavy (non-hydrogen) atoms. The third-order valence-corrected chi connectivity index (χ3v) is 5.80. The van der Waals surface area contributed by atoms with Gasteiger partial charge in [-0.2, -0.15) is 4.98 Å². The fourth-order valence-electron chi connectivity index (χ4n) is 3.02. The number of rotatable bonds is 7. The number of anilines is 1. The summed E-state index contributed by atoms with van der Waals surface area (Å²) in [5, 5.41) is 8.06. The maximum absolute atomic E-state index is 13.4. The molecule has 0 bridgehead atoms. The molecule has 1 amide bonds. The van der Waals surface area contributed by atoms with E-state index in [-0.39, 0.29) is 18.1 Å². The van der Waals surface area contributed by atoms with E-state index in [1.807, 2.05) is 59.3 Å². The van der Waals surface area contributed by atoms with Crippen LogP contribution in [0.25, 0.3) is 0 Å². The Hall–Kier alpha value is -2.97. The van der Waals surface area contributed by atoms with Crippen molar-refractivity contribution in [1.29, 1.82) is 0 Å². The Bertz CT molecular complexity index is 1200. The van der Waals surface area contributed by atoms with Crippen molar-refractivity contribution in [1.82, 2.24) is 14.8 Å². The lowest BCUT2D eigenvalue weighted by atomic mass is 10.1. The van der Waals surface area contributed by atoms with Gasteiger partial charge in [0.2, 0.25) is 10.6 Å². The first-order chi connectivity index (χ1) is 15.1. The number of nitrogens with one attached hydrogen (secondary N) is 1. The molecule has 0 saturated carbocycles. The fraction of sp³-hybridized carbons (Fsp3) is 0.0870. The van der Waals surface area contributed by atoms with E-state index in [0.29, 0.717) is 27.7 Å². The van der Waals surface area contributed by atoms with Gasteiger partial charge in [0.15, 0.2) is 5.16 Å². The maximum Gasteiger partial charge on any atom is 0.228 e. The number of carbonyl (C=O) groups excluding carboxylic acids is 1. The van der Waals surface area contributed by atoms with Gasteiger partial charge in [0.25, 0.3) is 0 Å². The average molecular weight is 497 g/mol. The molecule has 0 aliphatic carbocycles. The van der Waals surface area contributed by atoms with Gasteiger partial charge in [0.05, 0.1) is 18.7 Å². The van der Waals surface area contributed by atoms with Crippen LogP contribution in [0.1, 0.15) is 11.1 Å². The van der Waals surface area contributed by atoms with Crippen molar-refractivity contribution < 1.29 is 9.18 Å². The second-order valence-corrected chi connectivity index (χ2v) is 8.48. The summed E-state index contributed by atoms with van der Waals surface area (Å²) in [5.41, 5.74) is 2.40. The molecule has 0 aliphatic rings. The average Bonchev–Trinajstić information content (AvgIpc) is 3.08. The molecule has 3 aromatic carbocycles. The Kier molecular flexibility index (Phi) is 6.79. The van der Waals surface area contributed by atoms with Gasteiger partial charge < -0.3 is 5.32 Å². The van der Waals surface area contributed by atoms with Crippen LogP contribution in [0.3, 0.4) is 0 Å². The smallest absolute Gasteiger partial charge is 0.228 e. The van der Waals surface area contributed by atoms with Gasteiger partial charge in [-0.3, -0.25) is 4.79 Å². The number of amides is 1. The van der Waals surface area contributed by atoms with Crippen LogP contribution < -0.4 is 5.32 Å². The van der Waals surface area contributed by atoms with E-state index in [4.69, 9.17) is 0 Å². The molecule has 1 heterocycles. The van der Waals surface area contributed by atoms with Gasteiger partial charge in [-0.25, -0.2) is 9.07 Å². The molecule has 5 nitrogen and oxygen atoms in total. The zero-order valence-corrected chi connectivity index (χ0v) is 18.7. The lowest BCUT2D eigenvalue weighted by Crippen LogP contribution is -2.15. The fourth-order valence-corrected chi connectivity index (χ4v) is 4.41. The molecule has 0 radical (unpaired) electrons. The van der Waals surface area contributed by atoms with Gasteiger partial charge in [-0.05, 0) is 63.1 Å². The van der Waals surface area contributed by atoms with Crippen LogP contribution in [0, 0.1) is 5.82 Å². The number of benzene rings is 3. The van der Waals surface area contributed by atoms with E-state index < -0.39 is 0 Å². The van der Waals surface area contributed by atoms with Gasteiger partial charge in [-0.15, -0.1) is 5.10 Å². The number of nitrogens with zero attached hydrogens (tertiary/aromatic N) is 3. The molecule has 0 saturated heterocycles. The van der Waals surface area contributed by atoms with Crippen molar-refractivity contribution in [3.63, 3.8) is 0 Å². The molecule has 4 rings (SSSR count). The standard InChI is InChI=1S/C23H18BrFN4OS/c24-22-27-23(29(28-22)15-16-7-2-1-3-8-16)31-20-12-5-4-11-19(20)26-21(30)14-17-9-6-10-18(25)13-17/h1-13H,14-15H2,(H,26,30). The highest BCUT2D eigenvalue weighted by atomic mass is 79.9. The van der Waals surface area contributed by atoms with Crippen LogP contribution in [0.15, 0.2) is 93.6 Å². The van der Waals surface area contributed by atoms with Crippen molar-refractivity contribution in [2.75, 3.05) is 5.32 Å². The Balaban J connectivity index is 1.51. The van der Waals surface area contributed by atoms with E-state index >= 15 is 0 Å². The lowest BCUT2D eigenvalue weighted by Gasteiger charge is -2.11. The van der Waals surface area contributed by atoms with Crippen molar-refractivity contribution in [3.05, 3.63) is 101 Å². The van der Waals surface area contributed by atoms with Gasteiger partial charge in [0, 0.05) is 4.90 Å². The normalized spacial score (nSPS) is 10.8. The second kappa shape index (κ2) is 9.89. The first-order valence-corrected chi connectivity index (χ1v) is 11.1. The SMILES string of the molecule is O=C(Cc1cccc(F)c1)Nc1ccccc1Sc1nc(Br)nn1Cc1ccccc1. The summed E-state index contributed by atoms with van der Waals surface area (Å²) in [6.45, 7) is 0.579.